The van der Waals surface area contributed by atoms with Gasteiger partial charge in [-0.1, -0.05) is 198 Å². The minimum absolute atomic E-state index is 0.0548. The molecule has 0 rings (SSSR count). The minimum Gasteiger partial charge on any atom is -0.477 e. The Kier molecular flexibility index (Phi) is 41.4. The lowest BCUT2D eigenvalue weighted by atomic mass is 10.0. The van der Waals surface area contributed by atoms with Gasteiger partial charge in [-0.15, -0.1) is 0 Å². The number of allylic oxidation sites excluding steroid dienone is 6. The first kappa shape index (κ1) is 57.5. The van der Waals surface area contributed by atoms with Gasteiger partial charge in [-0.25, -0.2) is 4.79 Å². The number of carbonyl (C=O) groups is 3. The van der Waals surface area contributed by atoms with Crippen LogP contribution in [0.2, 0.25) is 0 Å². The van der Waals surface area contributed by atoms with Crippen molar-refractivity contribution in [3.05, 3.63) is 36.5 Å². The highest BCUT2D eigenvalue weighted by molar-refractivity contribution is 5.72. The van der Waals surface area contributed by atoms with Crippen LogP contribution in [-0.4, -0.2) is 80.6 Å². The third-order valence-corrected chi connectivity index (χ3v) is 11.3. The van der Waals surface area contributed by atoms with Crippen molar-refractivity contribution in [2.45, 2.75) is 238 Å². The summed E-state index contributed by atoms with van der Waals surface area (Å²) < 4.78 is 17.3. The number of quaternary nitrogens is 1. The highest BCUT2D eigenvalue weighted by Gasteiger charge is 2.31. The van der Waals surface area contributed by atoms with E-state index in [-0.39, 0.29) is 36.2 Å². The molecule has 0 aliphatic rings. The number of carboxylic acid groups (broad SMARTS) is 1. The Labute approximate surface area is 370 Å². The maximum absolute atomic E-state index is 12.8. The number of unbranched alkanes of at least 4 members (excludes halogenated alkanes) is 25. The van der Waals surface area contributed by atoms with Gasteiger partial charge >= 0.3 is 17.9 Å². The Morgan fingerprint density at radius 3 is 1.38 bits per heavy atom. The van der Waals surface area contributed by atoms with Gasteiger partial charge in [0.05, 0.1) is 34.4 Å². The molecule has 0 amide bonds. The first-order valence-electron chi connectivity index (χ1n) is 25.0. The van der Waals surface area contributed by atoms with Crippen LogP contribution in [-0.2, 0) is 28.6 Å². The van der Waals surface area contributed by atoms with E-state index in [0.29, 0.717) is 19.3 Å². The third kappa shape index (κ3) is 40.9. The number of carbonyl (C=O) groups excluding carboxylic acids is 2. The SMILES string of the molecule is CC/C=C\C/C=C\C/C=C\CCCCCCCC(=O)OC(COCCC(C(=O)O)[N+](C)(C)C)COC(=O)CCCCCCCCCCCCCCCCCCCCCCC. The molecule has 0 radical (unpaired) electrons. The molecule has 0 heterocycles. The Hall–Kier alpha value is -2.45. The van der Waals surface area contributed by atoms with Gasteiger partial charge in [0.25, 0.3) is 0 Å². The summed E-state index contributed by atoms with van der Waals surface area (Å²) in [5.74, 6) is -1.48. The van der Waals surface area contributed by atoms with Gasteiger partial charge < -0.3 is 23.8 Å². The molecular weight excluding hydrogens is 751 g/mol. The number of hydrogen-bond donors (Lipinski definition) is 1. The van der Waals surface area contributed by atoms with E-state index in [0.717, 1.165) is 77.0 Å². The van der Waals surface area contributed by atoms with Gasteiger partial charge in [0, 0.05) is 19.3 Å². The zero-order valence-electron chi connectivity index (χ0n) is 39.9. The van der Waals surface area contributed by atoms with Crippen LogP contribution < -0.4 is 0 Å². The Bertz CT molecular complexity index is 1080. The van der Waals surface area contributed by atoms with E-state index in [2.05, 4.69) is 50.3 Å². The van der Waals surface area contributed by atoms with Crippen LogP contribution in [0, 0.1) is 0 Å². The molecule has 0 aromatic rings. The number of ether oxygens (including phenoxy) is 3. The van der Waals surface area contributed by atoms with Crippen LogP contribution in [0.25, 0.3) is 0 Å². The average molecular weight is 847 g/mol. The molecule has 0 aliphatic heterocycles. The number of nitrogens with zero attached hydrogens (tertiary/aromatic N) is 1. The van der Waals surface area contributed by atoms with Crippen molar-refractivity contribution in [2.24, 2.45) is 0 Å². The van der Waals surface area contributed by atoms with Crippen molar-refractivity contribution >= 4 is 17.9 Å². The summed E-state index contributed by atoms with van der Waals surface area (Å²) in [6, 6.07) is -0.617. The fraction of sp³-hybridized carbons (Fsp3) is 0.827. The highest BCUT2D eigenvalue weighted by Crippen LogP contribution is 2.16. The van der Waals surface area contributed by atoms with E-state index < -0.39 is 18.1 Å². The van der Waals surface area contributed by atoms with Crippen LogP contribution in [0.1, 0.15) is 226 Å². The molecule has 350 valence electrons. The van der Waals surface area contributed by atoms with Gasteiger partial charge in [0.2, 0.25) is 0 Å². The molecule has 0 aromatic heterocycles. The standard InChI is InChI=1S/C52H95NO7/c1-6-8-10-12-14-16-18-20-22-23-24-25-26-27-29-30-32-34-36-38-40-42-50(54)59-47-48(46-58-45-44-49(52(56)57)53(3,4)5)60-51(55)43-41-39-37-35-33-31-28-21-19-17-15-13-11-9-7-2/h9,11,15,17,21,28,48-49H,6-8,10,12-14,16,18-20,22-27,29-47H2,1-5H3/p+1/b11-9-,17-15-,28-21-. The molecule has 0 saturated heterocycles. The summed E-state index contributed by atoms with van der Waals surface area (Å²) in [5, 5.41) is 9.64. The number of rotatable bonds is 45. The van der Waals surface area contributed by atoms with Crippen molar-refractivity contribution in [3.63, 3.8) is 0 Å². The number of carboxylic acids is 1. The molecule has 0 saturated carbocycles. The van der Waals surface area contributed by atoms with Crippen LogP contribution in [0.3, 0.4) is 0 Å². The fourth-order valence-electron chi connectivity index (χ4n) is 7.46. The second kappa shape index (κ2) is 43.2. The monoisotopic (exact) mass is 847 g/mol. The van der Waals surface area contributed by atoms with Gasteiger partial charge in [-0.2, -0.15) is 0 Å². The molecule has 2 unspecified atom stereocenters. The molecular formula is C52H96NO7+. The predicted octanol–water partition coefficient (Wildman–Crippen LogP) is 14.2. The number of hydrogen-bond acceptors (Lipinski definition) is 6. The molecule has 60 heavy (non-hydrogen) atoms. The maximum Gasteiger partial charge on any atom is 0.362 e. The summed E-state index contributed by atoms with van der Waals surface area (Å²) in [6.07, 6.45) is 50.5. The quantitative estimate of drug-likeness (QED) is 0.0282. The first-order chi connectivity index (χ1) is 29.1. The normalized spacial score (nSPS) is 13.2. The second-order valence-corrected chi connectivity index (χ2v) is 18.1. The average Bonchev–Trinajstić information content (AvgIpc) is 3.21. The van der Waals surface area contributed by atoms with Gasteiger partial charge in [-0.3, -0.25) is 9.59 Å². The molecule has 8 heteroatoms. The van der Waals surface area contributed by atoms with Crippen molar-refractivity contribution in [3.8, 4) is 0 Å². The second-order valence-electron chi connectivity index (χ2n) is 18.1. The lowest BCUT2D eigenvalue weighted by Crippen LogP contribution is -2.50. The van der Waals surface area contributed by atoms with Crippen molar-refractivity contribution in [1.82, 2.24) is 0 Å². The summed E-state index contributed by atoms with van der Waals surface area (Å²) in [5.41, 5.74) is 0. The van der Waals surface area contributed by atoms with Gasteiger partial charge in [0.15, 0.2) is 12.1 Å². The smallest absolute Gasteiger partial charge is 0.362 e. The van der Waals surface area contributed by atoms with Crippen LogP contribution in [0.4, 0.5) is 0 Å². The molecule has 1 N–H and O–H groups in total. The predicted molar refractivity (Wildman–Crippen MR) is 252 cm³/mol. The van der Waals surface area contributed by atoms with Crippen LogP contribution >= 0.6 is 0 Å². The number of aliphatic carboxylic acids is 1. The van der Waals surface area contributed by atoms with E-state index in [4.69, 9.17) is 14.2 Å². The lowest BCUT2D eigenvalue weighted by molar-refractivity contribution is -0.887. The van der Waals surface area contributed by atoms with Crippen molar-refractivity contribution < 1.29 is 38.2 Å². The van der Waals surface area contributed by atoms with E-state index in [1.807, 2.05) is 21.1 Å². The molecule has 0 bridgehead atoms. The van der Waals surface area contributed by atoms with Gasteiger partial charge in [-0.05, 0) is 44.9 Å². The highest BCUT2D eigenvalue weighted by atomic mass is 16.6. The number of esters is 2. The van der Waals surface area contributed by atoms with Crippen molar-refractivity contribution in [2.75, 3.05) is 41.0 Å². The first-order valence-corrected chi connectivity index (χ1v) is 25.0. The zero-order valence-corrected chi connectivity index (χ0v) is 39.9. The summed E-state index contributed by atoms with van der Waals surface area (Å²) in [4.78, 5) is 37.1. The van der Waals surface area contributed by atoms with Crippen LogP contribution in [0.15, 0.2) is 36.5 Å². The van der Waals surface area contributed by atoms with E-state index in [1.54, 1.807) is 0 Å². The minimum atomic E-state index is -0.876. The molecule has 0 fully saturated rings. The fourth-order valence-corrected chi connectivity index (χ4v) is 7.46. The van der Waals surface area contributed by atoms with E-state index in [1.165, 1.54) is 116 Å². The summed E-state index contributed by atoms with van der Waals surface area (Å²) in [7, 11) is 5.53. The zero-order chi connectivity index (χ0) is 44.2. The largest absolute Gasteiger partial charge is 0.477 e. The molecule has 0 aromatic carbocycles. The molecule has 0 spiro atoms. The topological polar surface area (TPSA) is 99.1 Å². The lowest BCUT2D eigenvalue weighted by Gasteiger charge is -2.31. The summed E-state index contributed by atoms with van der Waals surface area (Å²) in [6.45, 7) is 4.64. The van der Waals surface area contributed by atoms with Gasteiger partial charge in [0.1, 0.15) is 6.61 Å². The molecule has 0 aliphatic carbocycles. The third-order valence-electron chi connectivity index (χ3n) is 11.3. The van der Waals surface area contributed by atoms with Crippen LogP contribution in [0.5, 0.6) is 0 Å². The Morgan fingerprint density at radius 2 is 0.933 bits per heavy atom. The Balaban J connectivity index is 4.22. The number of likely N-dealkylation sites (N-methyl/N-ethyl adjacent to an activating group) is 1. The van der Waals surface area contributed by atoms with E-state index >= 15 is 0 Å². The summed E-state index contributed by atoms with van der Waals surface area (Å²) >= 11 is 0. The Morgan fingerprint density at radius 1 is 0.517 bits per heavy atom. The van der Waals surface area contributed by atoms with Crippen molar-refractivity contribution in [1.29, 1.82) is 0 Å². The molecule has 2 atom stereocenters. The maximum atomic E-state index is 12.8. The van der Waals surface area contributed by atoms with E-state index in [9.17, 15) is 19.5 Å². The molecule has 8 nitrogen and oxygen atoms in total.